The third kappa shape index (κ3) is 2.63. The van der Waals surface area contributed by atoms with Gasteiger partial charge in [0.05, 0.1) is 17.4 Å². The van der Waals surface area contributed by atoms with Crippen LogP contribution in [0, 0.1) is 12.3 Å². The molecular formula is C22H26N8. The van der Waals surface area contributed by atoms with E-state index in [0.717, 1.165) is 40.3 Å². The van der Waals surface area contributed by atoms with Gasteiger partial charge in [-0.1, -0.05) is 0 Å². The number of anilines is 1. The number of aromatic nitrogens is 6. The van der Waals surface area contributed by atoms with Crippen molar-refractivity contribution in [3.05, 3.63) is 36.4 Å². The van der Waals surface area contributed by atoms with Gasteiger partial charge in [0.25, 0.3) is 0 Å². The van der Waals surface area contributed by atoms with E-state index in [2.05, 4.69) is 49.9 Å². The van der Waals surface area contributed by atoms with Gasteiger partial charge in [0.1, 0.15) is 11.3 Å². The Labute approximate surface area is 175 Å². The molecule has 8 heteroatoms. The molecule has 0 aromatic carbocycles. The normalized spacial score (nSPS) is 18.8. The predicted octanol–water partition coefficient (Wildman–Crippen LogP) is 2.98. The summed E-state index contributed by atoms with van der Waals surface area (Å²) in [6, 6.07) is 6.61. The van der Waals surface area contributed by atoms with Crippen molar-refractivity contribution in [3.63, 3.8) is 0 Å². The maximum atomic E-state index is 4.90. The highest BCUT2D eigenvalue weighted by Crippen LogP contribution is 2.48. The lowest BCUT2D eigenvalue weighted by Crippen LogP contribution is -2.63. The minimum atomic E-state index is 0.479. The number of fused-ring (bicyclic) bond motifs is 2. The van der Waals surface area contributed by atoms with Gasteiger partial charge in [-0.15, -0.1) is 5.10 Å². The van der Waals surface area contributed by atoms with Crippen LogP contribution in [-0.2, 0) is 6.54 Å². The van der Waals surface area contributed by atoms with Crippen molar-refractivity contribution >= 4 is 22.6 Å². The lowest BCUT2D eigenvalue weighted by molar-refractivity contribution is -0.0514. The van der Waals surface area contributed by atoms with Crippen molar-refractivity contribution in [2.75, 3.05) is 25.5 Å². The number of hydrogen-bond acceptors (Lipinski definition) is 6. The zero-order chi connectivity index (χ0) is 20.5. The highest BCUT2D eigenvalue weighted by atomic mass is 15.3. The van der Waals surface area contributed by atoms with Crippen LogP contribution < -0.4 is 5.32 Å². The maximum absolute atomic E-state index is 4.90. The number of imidazole rings is 1. The van der Waals surface area contributed by atoms with Gasteiger partial charge in [-0.25, -0.2) is 19.5 Å². The summed E-state index contributed by atoms with van der Waals surface area (Å²) in [6.07, 6.45) is 6.30. The first-order chi connectivity index (χ1) is 14.5. The summed E-state index contributed by atoms with van der Waals surface area (Å²) in [5, 5.41) is 8.20. The Hall–Kier alpha value is -3.00. The van der Waals surface area contributed by atoms with Crippen LogP contribution in [0.1, 0.15) is 25.6 Å². The number of nitrogens with zero attached hydrogens (tertiary/aromatic N) is 7. The lowest BCUT2D eigenvalue weighted by atomic mass is 9.61. The summed E-state index contributed by atoms with van der Waals surface area (Å²) in [5.74, 6) is 1.68. The van der Waals surface area contributed by atoms with Gasteiger partial charge in [-0.3, -0.25) is 0 Å². The zero-order valence-electron chi connectivity index (χ0n) is 17.6. The zero-order valence-corrected chi connectivity index (χ0v) is 17.6. The Bertz CT molecular complexity index is 1260. The standard InChI is InChI=1S/C22H26N8/c1-4-29-14(2)24-18-6-5-17(26-20(18)29)16-7-8-30-19(16)11-23-21(27-30)25-15-9-22(10-15)12-28(3)13-22/h5-8,11,15H,4,9-10,12-13H2,1-3H3,(H,25,27). The lowest BCUT2D eigenvalue weighted by Gasteiger charge is -2.58. The van der Waals surface area contributed by atoms with Crippen LogP contribution in [0.3, 0.4) is 0 Å². The third-order valence-electron chi connectivity index (χ3n) is 6.69. The molecule has 1 N–H and O–H groups in total. The van der Waals surface area contributed by atoms with Gasteiger partial charge in [0, 0.05) is 37.4 Å². The van der Waals surface area contributed by atoms with Crippen molar-refractivity contribution in [2.24, 2.45) is 5.41 Å². The number of nitrogens with one attached hydrogen (secondary N) is 1. The van der Waals surface area contributed by atoms with E-state index < -0.39 is 0 Å². The van der Waals surface area contributed by atoms with Crippen molar-refractivity contribution in [2.45, 2.75) is 39.3 Å². The Balaban J connectivity index is 1.27. The first-order valence-corrected chi connectivity index (χ1v) is 10.7. The van der Waals surface area contributed by atoms with E-state index in [1.54, 1.807) is 0 Å². The molecule has 154 valence electrons. The van der Waals surface area contributed by atoms with Crippen LogP contribution in [0.15, 0.2) is 30.6 Å². The van der Waals surface area contributed by atoms with Gasteiger partial charge in [0.2, 0.25) is 5.95 Å². The third-order valence-corrected chi connectivity index (χ3v) is 6.69. The van der Waals surface area contributed by atoms with Crippen molar-refractivity contribution < 1.29 is 0 Å². The summed E-state index contributed by atoms with van der Waals surface area (Å²) in [4.78, 5) is 16.5. The molecule has 2 fully saturated rings. The average molecular weight is 403 g/mol. The highest BCUT2D eigenvalue weighted by molar-refractivity contribution is 5.82. The van der Waals surface area contributed by atoms with E-state index in [4.69, 9.17) is 4.98 Å². The summed E-state index contributed by atoms with van der Waals surface area (Å²) < 4.78 is 4.03. The van der Waals surface area contributed by atoms with E-state index in [0.29, 0.717) is 17.4 Å². The fraction of sp³-hybridized carbons (Fsp3) is 0.455. The molecule has 6 rings (SSSR count). The quantitative estimate of drug-likeness (QED) is 0.566. The van der Waals surface area contributed by atoms with Crippen LogP contribution in [0.4, 0.5) is 5.95 Å². The van der Waals surface area contributed by atoms with Gasteiger partial charge >= 0.3 is 0 Å². The van der Waals surface area contributed by atoms with Gasteiger partial charge < -0.3 is 14.8 Å². The molecule has 8 nitrogen and oxygen atoms in total. The van der Waals surface area contributed by atoms with Crippen LogP contribution in [-0.4, -0.2) is 60.2 Å². The van der Waals surface area contributed by atoms with E-state index in [-0.39, 0.29) is 0 Å². The van der Waals surface area contributed by atoms with Gasteiger partial charge in [0.15, 0.2) is 5.65 Å². The number of rotatable bonds is 4. The fourth-order valence-electron chi connectivity index (χ4n) is 5.45. The molecule has 1 spiro atoms. The minimum Gasteiger partial charge on any atom is -0.350 e. The molecule has 0 radical (unpaired) electrons. The van der Waals surface area contributed by atoms with Crippen molar-refractivity contribution in [1.82, 2.24) is 34.0 Å². The molecule has 30 heavy (non-hydrogen) atoms. The number of pyridine rings is 1. The van der Waals surface area contributed by atoms with Crippen molar-refractivity contribution in [3.8, 4) is 11.3 Å². The summed E-state index contributed by atoms with van der Waals surface area (Å²) in [5.41, 5.74) is 5.30. The number of likely N-dealkylation sites (tertiary alicyclic amines) is 1. The molecule has 4 aromatic rings. The first-order valence-electron chi connectivity index (χ1n) is 10.7. The molecule has 0 amide bonds. The van der Waals surface area contributed by atoms with Crippen molar-refractivity contribution in [1.29, 1.82) is 0 Å². The molecule has 0 bridgehead atoms. The van der Waals surface area contributed by atoms with Crippen LogP contribution in [0.2, 0.25) is 0 Å². The summed E-state index contributed by atoms with van der Waals surface area (Å²) in [7, 11) is 2.19. The predicted molar refractivity (Wildman–Crippen MR) is 116 cm³/mol. The largest absolute Gasteiger partial charge is 0.350 e. The fourth-order valence-corrected chi connectivity index (χ4v) is 5.45. The average Bonchev–Trinajstić information content (AvgIpc) is 3.24. The Morgan fingerprint density at radius 3 is 2.77 bits per heavy atom. The summed E-state index contributed by atoms with van der Waals surface area (Å²) >= 11 is 0. The Morgan fingerprint density at radius 1 is 1.17 bits per heavy atom. The Kier molecular flexibility index (Phi) is 3.71. The molecule has 5 heterocycles. The molecule has 0 atom stereocenters. The molecule has 0 unspecified atom stereocenters. The second-order valence-electron chi connectivity index (χ2n) is 9.01. The molecule has 1 aliphatic heterocycles. The van der Waals surface area contributed by atoms with E-state index in [1.165, 1.54) is 25.9 Å². The number of hydrogen-bond donors (Lipinski definition) is 1. The SMILES string of the molecule is CCn1c(C)nc2ccc(-c3ccn4nc(NC5CC6(C5)CN(C)C6)ncc34)nc21. The molecule has 4 aromatic heterocycles. The summed E-state index contributed by atoms with van der Waals surface area (Å²) in [6.45, 7) is 7.44. The van der Waals surface area contributed by atoms with Crippen LogP contribution in [0.25, 0.3) is 27.9 Å². The molecule has 2 aliphatic rings. The smallest absolute Gasteiger partial charge is 0.241 e. The molecule has 1 saturated carbocycles. The maximum Gasteiger partial charge on any atom is 0.241 e. The molecule has 1 aliphatic carbocycles. The minimum absolute atomic E-state index is 0.479. The monoisotopic (exact) mass is 402 g/mol. The van der Waals surface area contributed by atoms with Crippen LogP contribution >= 0.6 is 0 Å². The van der Waals surface area contributed by atoms with E-state index >= 15 is 0 Å². The van der Waals surface area contributed by atoms with E-state index in [1.807, 2.05) is 36.0 Å². The highest BCUT2D eigenvalue weighted by Gasteiger charge is 2.51. The Morgan fingerprint density at radius 2 is 2.00 bits per heavy atom. The second-order valence-corrected chi connectivity index (χ2v) is 9.01. The van der Waals surface area contributed by atoms with E-state index in [9.17, 15) is 0 Å². The molecular weight excluding hydrogens is 376 g/mol. The first kappa shape index (κ1) is 17.8. The second kappa shape index (κ2) is 6.25. The van der Waals surface area contributed by atoms with Gasteiger partial charge in [-0.05, 0) is 57.4 Å². The topological polar surface area (TPSA) is 76.2 Å². The number of aryl methyl sites for hydroxylation is 2. The van der Waals surface area contributed by atoms with Gasteiger partial charge in [-0.2, -0.15) is 0 Å². The van der Waals surface area contributed by atoms with Crippen LogP contribution in [0.5, 0.6) is 0 Å². The molecule has 1 saturated heterocycles.